The average Bonchev–Trinajstić information content (AvgIpc) is 2.47. The molecule has 0 unspecified atom stereocenters. The fourth-order valence-electron chi connectivity index (χ4n) is 1.17. The summed E-state index contributed by atoms with van der Waals surface area (Å²) < 4.78 is 18.9. The van der Waals surface area contributed by atoms with Crippen LogP contribution >= 0.6 is 11.3 Å². The lowest BCUT2D eigenvalue weighted by molar-refractivity contribution is 0.343. The molecule has 0 saturated heterocycles. The maximum Gasteiger partial charge on any atom is 0.270 e. The third-order valence-electron chi connectivity index (χ3n) is 1.66. The molecule has 0 radical (unpaired) electrons. The van der Waals surface area contributed by atoms with Gasteiger partial charge in [-0.25, -0.2) is 4.98 Å². The quantitative estimate of drug-likeness (QED) is 0.738. The first kappa shape index (κ1) is 8.44. The number of hydrogen-bond donors (Lipinski definition) is 0. The van der Waals surface area contributed by atoms with Gasteiger partial charge in [-0.2, -0.15) is 4.39 Å². The van der Waals surface area contributed by atoms with Crippen molar-refractivity contribution in [3.8, 4) is 5.75 Å². The summed E-state index contributed by atoms with van der Waals surface area (Å²) >= 11 is 1.03. The van der Waals surface area contributed by atoms with Crippen molar-refractivity contribution in [2.75, 3.05) is 6.61 Å². The van der Waals surface area contributed by atoms with Gasteiger partial charge in [-0.3, -0.25) is 0 Å². The monoisotopic (exact) mass is 197 g/mol. The first-order valence-corrected chi connectivity index (χ1v) is 4.80. The lowest BCUT2D eigenvalue weighted by Crippen LogP contribution is -1.91. The Hall–Kier alpha value is -1.16. The molecule has 1 aromatic carbocycles. The molecule has 1 heterocycles. The fourth-order valence-corrected chi connectivity index (χ4v) is 1.88. The van der Waals surface area contributed by atoms with Crippen molar-refractivity contribution < 1.29 is 9.13 Å². The van der Waals surface area contributed by atoms with Crippen molar-refractivity contribution in [3.05, 3.63) is 23.5 Å². The highest BCUT2D eigenvalue weighted by Crippen LogP contribution is 2.28. The van der Waals surface area contributed by atoms with Crippen LogP contribution in [0.15, 0.2) is 18.2 Å². The molecule has 0 atom stereocenters. The summed E-state index contributed by atoms with van der Waals surface area (Å²) in [6, 6.07) is 5.47. The van der Waals surface area contributed by atoms with Crippen LogP contribution in [0.4, 0.5) is 4.39 Å². The molecule has 2 aromatic rings. The predicted molar refractivity (Wildman–Crippen MR) is 50.7 cm³/mol. The number of rotatable bonds is 2. The number of hydrogen-bond acceptors (Lipinski definition) is 3. The van der Waals surface area contributed by atoms with Gasteiger partial charge in [0.15, 0.2) is 0 Å². The summed E-state index contributed by atoms with van der Waals surface area (Å²) in [5.74, 6) is 0.653. The molecule has 1 aromatic heterocycles. The number of para-hydroxylation sites is 1. The molecule has 68 valence electrons. The molecule has 0 saturated carbocycles. The number of aromatic nitrogens is 1. The molecule has 2 rings (SSSR count). The van der Waals surface area contributed by atoms with Crippen molar-refractivity contribution in [2.45, 2.75) is 6.92 Å². The third-order valence-corrected chi connectivity index (χ3v) is 2.46. The minimum atomic E-state index is -0.415. The molecule has 0 aliphatic rings. The zero-order valence-corrected chi connectivity index (χ0v) is 7.90. The van der Waals surface area contributed by atoms with Crippen LogP contribution in [0.3, 0.4) is 0 Å². The highest BCUT2D eigenvalue weighted by Gasteiger charge is 2.07. The second-order valence-corrected chi connectivity index (χ2v) is 3.48. The molecule has 0 N–H and O–H groups in total. The van der Waals surface area contributed by atoms with E-state index in [-0.39, 0.29) is 0 Å². The molecule has 0 aliphatic heterocycles. The molecule has 4 heteroatoms. The molecule has 0 bridgehead atoms. The fraction of sp³-hybridized carbons (Fsp3) is 0.222. The number of fused-ring (bicyclic) bond motifs is 1. The Balaban J connectivity index is 2.60. The van der Waals surface area contributed by atoms with Gasteiger partial charge >= 0.3 is 0 Å². The van der Waals surface area contributed by atoms with Crippen LogP contribution in [0.5, 0.6) is 5.75 Å². The van der Waals surface area contributed by atoms with Gasteiger partial charge in [0.25, 0.3) is 5.26 Å². The van der Waals surface area contributed by atoms with Crippen molar-refractivity contribution in [2.24, 2.45) is 0 Å². The van der Waals surface area contributed by atoms with E-state index >= 15 is 0 Å². The maximum atomic E-state index is 12.8. The molecular weight excluding hydrogens is 189 g/mol. The normalized spacial score (nSPS) is 10.6. The van der Waals surface area contributed by atoms with Gasteiger partial charge in [-0.05, 0) is 19.1 Å². The summed E-state index contributed by atoms with van der Waals surface area (Å²) in [4.78, 5) is 3.76. The number of benzene rings is 1. The Kier molecular flexibility index (Phi) is 2.14. The Morgan fingerprint density at radius 2 is 2.38 bits per heavy atom. The van der Waals surface area contributed by atoms with E-state index in [1.54, 1.807) is 6.07 Å². The predicted octanol–water partition coefficient (Wildman–Crippen LogP) is 2.83. The first-order chi connectivity index (χ1) is 6.31. The van der Waals surface area contributed by atoms with Crippen LogP contribution in [0, 0.1) is 5.26 Å². The smallest absolute Gasteiger partial charge is 0.270 e. The Morgan fingerprint density at radius 1 is 1.54 bits per heavy atom. The molecule has 0 amide bonds. The van der Waals surface area contributed by atoms with Crippen LogP contribution in [0.25, 0.3) is 10.2 Å². The number of halogens is 1. The second-order valence-electron chi connectivity index (χ2n) is 2.50. The van der Waals surface area contributed by atoms with Crippen molar-refractivity contribution >= 4 is 21.6 Å². The number of thiazole rings is 1. The molecular formula is C9H8FNOS. The molecule has 0 spiro atoms. The van der Waals surface area contributed by atoms with E-state index in [9.17, 15) is 4.39 Å². The van der Waals surface area contributed by atoms with Crippen molar-refractivity contribution in [1.29, 1.82) is 0 Å². The van der Waals surface area contributed by atoms with E-state index in [1.165, 1.54) is 0 Å². The van der Waals surface area contributed by atoms with E-state index in [0.717, 1.165) is 16.0 Å². The van der Waals surface area contributed by atoms with Gasteiger partial charge in [-0.1, -0.05) is 17.4 Å². The minimum Gasteiger partial charge on any atom is -0.492 e. The number of nitrogens with zero attached hydrogens (tertiary/aromatic N) is 1. The van der Waals surface area contributed by atoms with Crippen LogP contribution in [-0.2, 0) is 0 Å². The van der Waals surface area contributed by atoms with Gasteiger partial charge in [0.05, 0.1) is 11.3 Å². The average molecular weight is 197 g/mol. The Morgan fingerprint density at radius 3 is 3.15 bits per heavy atom. The molecule has 0 aliphatic carbocycles. The van der Waals surface area contributed by atoms with Gasteiger partial charge in [0.2, 0.25) is 0 Å². The van der Waals surface area contributed by atoms with E-state index in [0.29, 0.717) is 17.9 Å². The van der Waals surface area contributed by atoms with Gasteiger partial charge in [0.1, 0.15) is 11.3 Å². The van der Waals surface area contributed by atoms with Crippen LogP contribution in [-0.4, -0.2) is 11.6 Å². The zero-order valence-electron chi connectivity index (χ0n) is 7.08. The van der Waals surface area contributed by atoms with Crippen LogP contribution < -0.4 is 4.74 Å². The second kappa shape index (κ2) is 3.30. The number of ether oxygens (including phenoxy) is 1. The van der Waals surface area contributed by atoms with Crippen LogP contribution in [0.2, 0.25) is 0 Å². The van der Waals surface area contributed by atoms with E-state index in [1.807, 2.05) is 19.1 Å². The summed E-state index contributed by atoms with van der Waals surface area (Å²) in [6.45, 7) is 2.46. The van der Waals surface area contributed by atoms with Gasteiger partial charge in [-0.15, -0.1) is 0 Å². The lowest BCUT2D eigenvalue weighted by atomic mass is 10.3. The first-order valence-electron chi connectivity index (χ1n) is 3.99. The highest BCUT2D eigenvalue weighted by atomic mass is 32.1. The lowest BCUT2D eigenvalue weighted by Gasteiger charge is -2.01. The standard InChI is InChI=1S/C9H8FNOS/c1-2-12-6-4-3-5-7-8(6)11-9(10)13-7/h3-5H,2H2,1H3. The summed E-state index contributed by atoms with van der Waals surface area (Å²) in [6.07, 6.45) is 0. The molecule has 0 fully saturated rings. The molecule has 13 heavy (non-hydrogen) atoms. The third kappa shape index (κ3) is 1.49. The summed E-state index contributed by atoms with van der Waals surface area (Å²) in [5.41, 5.74) is 0.617. The Bertz CT molecular complexity index is 426. The van der Waals surface area contributed by atoms with E-state index < -0.39 is 5.26 Å². The summed E-state index contributed by atoms with van der Waals surface area (Å²) in [5, 5.41) is -0.415. The Labute approximate surface area is 79.0 Å². The SMILES string of the molecule is CCOc1cccc2sc(F)nc12. The largest absolute Gasteiger partial charge is 0.492 e. The van der Waals surface area contributed by atoms with Gasteiger partial charge < -0.3 is 4.74 Å². The van der Waals surface area contributed by atoms with Gasteiger partial charge in [0, 0.05) is 0 Å². The van der Waals surface area contributed by atoms with Crippen molar-refractivity contribution in [3.63, 3.8) is 0 Å². The maximum absolute atomic E-state index is 12.8. The highest BCUT2D eigenvalue weighted by molar-refractivity contribution is 7.17. The van der Waals surface area contributed by atoms with E-state index in [4.69, 9.17) is 4.74 Å². The van der Waals surface area contributed by atoms with Crippen molar-refractivity contribution in [1.82, 2.24) is 4.98 Å². The topological polar surface area (TPSA) is 22.1 Å². The summed E-state index contributed by atoms with van der Waals surface area (Å²) in [7, 11) is 0. The van der Waals surface area contributed by atoms with E-state index in [2.05, 4.69) is 4.98 Å². The zero-order chi connectivity index (χ0) is 9.26. The van der Waals surface area contributed by atoms with Crippen LogP contribution in [0.1, 0.15) is 6.92 Å². The molecule has 2 nitrogen and oxygen atoms in total. The minimum absolute atomic E-state index is 0.415.